The first-order valence-corrected chi connectivity index (χ1v) is 7.43. The van der Waals surface area contributed by atoms with Crippen LogP contribution < -0.4 is 10.6 Å². The number of nitrogens with zero attached hydrogens (tertiary/aromatic N) is 3. The van der Waals surface area contributed by atoms with Gasteiger partial charge < -0.3 is 10.6 Å². The van der Waals surface area contributed by atoms with Gasteiger partial charge in [0.1, 0.15) is 0 Å². The van der Waals surface area contributed by atoms with Crippen LogP contribution in [-0.2, 0) is 11.3 Å². The molecule has 2 atom stereocenters. The van der Waals surface area contributed by atoms with E-state index in [-0.39, 0.29) is 13.1 Å². The Kier molecular flexibility index (Phi) is 4.52. The molecule has 3 rings (SSSR count). The van der Waals surface area contributed by atoms with Crippen LogP contribution in [0.1, 0.15) is 5.56 Å². The van der Waals surface area contributed by atoms with Gasteiger partial charge in [0.25, 0.3) is 0 Å². The number of hydrogen-bond acceptors (Lipinski definition) is 4. The zero-order valence-corrected chi connectivity index (χ0v) is 12.6. The van der Waals surface area contributed by atoms with E-state index in [0.717, 1.165) is 5.56 Å². The molecule has 2 aromatic rings. The third-order valence-electron chi connectivity index (χ3n) is 3.97. The van der Waals surface area contributed by atoms with Gasteiger partial charge in [-0.05, 0) is 17.7 Å². The van der Waals surface area contributed by atoms with Crippen LogP contribution in [0.25, 0.3) is 0 Å². The predicted molar refractivity (Wildman–Crippen MR) is 80.1 cm³/mol. The number of carbonyl (C=O) groups is 1. The van der Waals surface area contributed by atoms with Crippen LogP contribution in [0.4, 0.5) is 18.9 Å². The maximum Gasteiger partial charge on any atom is 0.393 e. The number of pyridine rings is 1. The largest absolute Gasteiger partial charge is 0.393 e. The molecular formula is C15H16F3N5O. The number of rotatable bonds is 4. The number of nitrogens with one attached hydrogen (secondary N) is 2. The van der Waals surface area contributed by atoms with Gasteiger partial charge in [0.2, 0.25) is 5.91 Å². The average molecular weight is 339 g/mol. The van der Waals surface area contributed by atoms with Crippen molar-refractivity contribution in [2.75, 3.05) is 18.4 Å². The topological polar surface area (TPSA) is 71.8 Å². The number of carbonyl (C=O) groups excluding carboxylic acids is 1. The Bertz CT molecular complexity index is 701. The van der Waals surface area contributed by atoms with E-state index in [1.807, 2.05) is 12.1 Å². The first-order valence-electron chi connectivity index (χ1n) is 7.43. The molecule has 2 N–H and O–H groups in total. The average Bonchev–Trinajstić information content (AvgIpc) is 3.17. The SMILES string of the molecule is O=C(Nc1cnn(Cc2ccncc2)c1)[C@@H]1CNC[C@H]1C(F)(F)F. The van der Waals surface area contributed by atoms with E-state index in [1.165, 1.54) is 6.20 Å². The predicted octanol–water partition coefficient (Wildman–Crippen LogP) is 1.66. The Balaban J connectivity index is 1.63. The summed E-state index contributed by atoms with van der Waals surface area (Å²) in [6.45, 7) is 0.263. The maximum absolute atomic E-state index is 12.9. The van der Waals surface area contributed by atoms with E-state index < -0.39 is 23.9 Å². The summed E-state index contributed by atoms with van der Waals surface area (Å²) < 4.78 is 40.3. The van der Waals surface area contributed by atoms with Gasteiger partial charge in [-0.2, -0.15) is 18.3 Å². The monoisotopic (exact) mass is 339 g/mol. The Labute approximate surface area is 136 Å². The van der Waals surface area contributed by atoms with E-state index in [1.54, 1.807) is 23.3 Å². The quantitative estimate of drug-likeness (QED) is 0.889. The number of alkyl halides is 3. The van der Waals surface area contributed by atoms with Crippen molar-refractivity contribution in [3.8, 4) is 0 Å². The van der Waals surface area contributed by atoms with E-state index in [0.29, 0.717) is 12.2 Å². The van der Waals surface area contributed by atoms with E-state index >= 15 is 0 Å². The Morgan fingerprint density at radius 3 is 2.79 bits per heavy atom. The zero-order chi connectivity index (χ0) is 17.2. The van der Waals surface area contributed by atoms with Gasteiger partial charge in [-0.1, -0.05) is 0 Å². The van der Waals surface area contributed by atoms with Gasteiger partial charge in [-0.25, -0.2) is 0 Å². The molecule has 0 radical (unpaired) electrons. The Hall–Kier alpha value is -2.42. The van der Waals surface area contributed by atoms with Crippen molar-refractivity contribution < 1.29 is 18.0 Å². The summed E-state index contributed by atoms with van der Waals surface area (Å²) in [5, 5.41) is 9.25. The van der Waals surface area contributed by atoms with Crippen molar-refractivity contribution in [2.24, 2.45) is 11.8 Å². The first-order chi connectivity index (χ1) is 11.4. The molecule has 0 unspecified atom stereocenters. The number of hydrogen-bond donors (Lipinski definition) is 2. The first kappa shape index (κ1) is 16.4. The Morgan fingerprint density at radius 2 is 2.08 bits per heavy atom. The van der Waals surface area contributed by atoms with Gasteiger partial charge in [0.05, 0.1) is 30.3 Å². The number of aromatic nitrogens is 3. The summed E-state index contributed by atoms with van der Waals surface area (Å²) in [5.74, 6) is -3.44. The summed E-state index contributed by atoms with van der Waals surface area (Å²) >= 11 is 0. The molecule has 1 aliphatic heterocycles. The number of amides is 1. The molecule has 24 heavy (non-hydrogen) atoms. The third-order valence-corrected chi connectivity index (χ3v) is 3.97. The molecule has 2 aromatic heterocycles. The summed E-state index contributed by atoms with van der Waals surface area (Å²) in [5.41, 5.74) is 1.35. The minimum Gasteiger partial charge on any atom is -0.323 e. The van der Waals surface area contributed by atoms with Crippen molar-refractivity contribution in [2.45, 2.75) is 12.7 Å². The molecule has 9 heteroatoms. The molecule has 128 valence electrons. The lowest BCUT2D eigenvalue weighted by molar-refractivity contribution is -0.181. The standard InChI is InChI=1S/C15H16F3N5O/c16-15(17,18)13-7-20-6-12(13)14(24)22-11-5-21-23(9-11)8-10-1-3-19-4-2-10/h1-5,9,12-13,20H,6-8H2,(H,22,24)/t12-,13-/m1/s1. The fourth-order valence-corrected chi connectivity index (χ4v) is 2.72. The highest BCUT2D eigenvalue weighted by atomic mass is 19.4. The van der Waals surface area contributed by atoms with Crippen LogP contribution in [0, 0.1) is 11.8 Å². The molecule has 1 amide bonds. The van der Waals surface area contributed by atoms with Crippen LogP contribution >= 0.6 is 0 Å². The van der Waals surface area contributed by atoms with Crippen LogP contribution in [0.3, 0.4) is 0 Å². The summed E-state index contributed by atoms with van der Waals surface area (Å²) in [7, 11) is 0. The lowest BCUT2D eigenvalue weighted by Gasteiger charge is -2.20. The normalized spacial score (nSPS) is 21.0. The fraction of sp³-hybridized carbons (Fsp3) is 0.400. The molecule has 0 spiro atoms. The maximum atomic E-state index is 12.9. The second-order valence-corrected chi connectivity index (χ2v) is 5.68. The molecule has 6 nitrogen and oxygen atoms in total. The molecule has 1 aliphatic rings. The summed E-state index contributed by atoms with van der Waals surface area (Å²) in [6, 6.07) is 3.66. The van der Waals surface area contributed by atoms with Crippen LogP contribution in [0.2, 0.25) is 0 Å². The second-order valence-electron chi connectivity index (χ2n) is 5.68. The molecule has 0 bridgehead atoms. The lowest BCUT2D eigenvalue weighted by Crippen LogP contribution is -2.36. The van der Waals surface area contributed by atoms with E-state index in [2.05, 4.69) is 20.7 Å². The summed E-state index contributed by atoms with van der Waals surface area (Å²) in [4.78, 5) is 16.1. The Morgan fingerprint density at radius 1 is 1.33 bits per heavy atom. The second kappa shape index (κ2) is 6.60. The molecule has 3 heterocycles. The van der Waals surface area contributed by atoms with Crippen molar-refractivity contribution in [3.05, 3.63) is 42.5 Å². The van der Waals surface area contributed by atoms with Gasteiger partial charge in [-0.15, -0.1) is 0 Å². The van der Waals surface area contributed by atoms with Crippen LogP contribution in [0.5, 0.6) is 0 Å². The van der Waals surface area contributed by atoms with Gasteiger partial charge in [0.15, 0.2) is 0 Å². The van der Waals surface area contributed by atoms with E-state index in [4.69, 9.17) is 0 Å². The molecule has 0 aliphatic carbocycles. The highest BCUT2D eigenvalue weighted by Gasteiger charge is 2.49. The van der Waals surface area contributed by atoms with Crippen LogP contribution in [0.15, 0.2) is 36.9 Å². The van der Waals surface area contributed by atoms with Gasteiger partial charge in [0, 0.05) is 31.7 Å². The number of anilines is 1. The van der Waals surface area contributed by atoms with Crippen molar-refractivity contribution in [3.63, 3.8) is 0 Å². The number of halogens is 3. The van der Waals surface area contributed by atoms with Gasteiger partial charge in [-0.3, -0.25) is 14.5 Å². The lowest BCUT2D eigenvalue weighted by atomic mass is 9.94. The zero-order valence-electron chi connectivity index (χ0n) is 12.6. The summed E-state index contributed by atoms with van der Waals surface area (Å²) in [6.07, 6.45) is 1.93. The molecule has 0 aromatic carbocycles. The van der Waals surface area contributed by atoms with Crippen molar-refractivity contribution in [1.29, 1.82) is 0 Å². The fourth-order valence-electron chi connectivity index (χ4n) is 2.72. The minimum atomic E-state index is -4.39. The molecule has 0 saturated carbocycles. The van der Waals surface area contributed by atoms with E-state index in [9.17, 15) is 18.0 Å². The molecular weight excluding hydrogens is 323 g/mol. The smallest absolute Gasteiger partial charge is 0.323 e. The van der Waals surface area contributed by atoms with Crippen molar-refractivity contribution in [1.82, 2.24) is 20.1 Å². The molecule has 1 fully saturated rings. The third kappa shape index (κ3) is 3.73. The van der Waals surface area contributed by atoms with Gasteiger partial charge >= 0.3 is 6.18 Å². The van der Waals surface area contributed by atoms with Crippen LogP contribution in [-0.4, -0.2) is 39.9 Å². The highest BCUT2D eigenvalue weighted by Crippen LogP contribution is 2.34. The highest BCUT2D eigenvalue weighted by molar-refractivity contribution is 5.93. The minimum absolute atomic E-state index is 0.0150. The van der Waals surface area contributed by atoms with Crippen molar-refractivity contribution >= 4 is 11.6 Å². The molecule has 1 saturated heterocycles.